The lowest BCUT2D eigenvalue weighted by Gasteiger charge is -2.19. The summed E-state index contributed by atoms with van der Waals surface area (Å²) in [6.45, 7) is 8.49. The van der Waals surface area contributed by atoms with E-state index in [4.69, 9.17) is 5.73 Å². The molecule has 17 heavy (non-hydrogen) atoms. The SMILES string of the molecule is Cc1nc(N)c(C)c(NC2CCC(C)(C)C2)n1. The molecule has 0 aromatic carbocycles. The van der Waals surface area contributed by atoms with Crippen LogP contribution >= 0.6 is 0 Å². The van der Waals surface area contributed by atoms with Crippen LogP contribution in [-0.2, 0) is 0 Å². The first-order valence-electron chi connectivity index (χ1n) is 6.25. The minimum atomic E-state index is 0.444. The normalized spacial score (nSPS) is 22.7. The lowest BCUT2D eigenvalue weighted by molar-refractivity contribution is 0.378. The number of nitrogen functional groups attached to an aromatic ring is 1. The maximum absolute atomic E-state index is 5.86. The highest BCUT2D eigenvalue weighted by Gasteiger charge is 2.31. The van der Waals surface area contributed by atoms with Gasteiger partial charge in [-0.2, -0.15) is 0 Å². The van der Waals surface area contributed by atoms with Crippen molar-refractivity contribution < 1.29 is 0 Å². The van der Waals surface area contributed by atoms with Crippen molar-refractivity contribution in [2.24, 2.45) is 5.41 Å². The van der Waals surface area contributed by atoms with Gasteiger partial charge in [-0.1, -0.05) is 13.8 Å². The van der Waals surface area contributed by atoms with Crippen molar-refractivity contribution in [3.8, 4) is 0 Å². The van der Waals surface area contributed by atoms with E-state index < -0.39 is 0 Å². The number of nitrogens with two attached hydrogens (primary N) is 1. The first-order valence-corrected chi connectivity index (χ1v) is 6.25. The van der Waals surface area contributed by atoms with Crippen molar-refractivity contribution in [1.29, 1.82) is 0 Å². The van der Waals surface area contributed by atoms with Gasteiger partial charge in [-0.3, -0.25) is 0 Å². The summed E-state index contributed by atoms with van der Waals surface area (Å²) in [5.41, 5.74) is 7.26. The van der Waals surface area contributed by atoms with Gasteiger partial charge in [0.05, 0.1) is 0 Å². The van der Waals surface area contributed by atoms with Crippen molar-refractivity contribution in [3.05, 3.63) is 11.4 Å². The maximum atomic E-state index is 5.86. The molecule has 1 fully saturated rings. The van der Waals surface area contributed by atoms with Crippen molar-refractivity contribution in [2.45, 2.75) is 53.0 Å². The summed E-state index contributed by atoms with van der Waals surface area (Å²) in [6, 6.07) is 0.511. The molecular formula is C13H22N4. The third kappa shape index (κ3) is 2.68. The average Bonchev–Trinajstić information content (AvgIpc) is 2.54. The van der Waals surface area contributed by atoms with Crippen LogP contribution in [0.4, 0.5) is 11.6 Å². The summed E-state index contributed by atoms with van der Waals surface area (Å²) >= 11 is 0. The summed E-state index contributed by atoms with van der Waals surface area (Å²) in [5, 5.41) is 3.52. The monoisotopic (exact) mass is 234 g/mol. The minimum absolute atomic E-state index is 0.444. The second-order valence-electron chi connectivity index (χ2n) is 5.88. The Balaban J connectivity index is 2.14. The fraction of sp³-hybridized carbons (Fsp3) is 0.692. The molecule has 1 heterocycles. The largest absolute Gasteiger partial charge is 0.383 e. The molecule has 3 N–H and O–H groups in total. The Morgan fingerprint density at radius 1 is 1.29 bits per heavy atom. The number of hydrogen-bond acceptors (Lipinski definition) is 4. The van der Waals surface area contributed by atoms with Gasteiger partial charge < -0.3 is 11.1 Å². The van der Waals surface area contributed by atoms with Gasteiger partial charge in [-0.05, 0) is 38.5 Å². The van der Waals surface area contributed by atoms with Crippen LogP contribution in [-0.4, -0.2) is 16.0 Å². The van der Waals surface area contributed by atoms with E-state index in [9.17, 15) is 0 Å². The van der Waals surface area contributed by atoms with Gasteiger partial charge in [-0.25, -0.2) is 9.97 Å². The molecule has 1 unspecified atom stereocenters. The lowest BCUT2D eigenvalue weighted by Crippen LogP contribution is -2.20. The maximum Gasteiger partial charge on any atom is 0.134 e. The zero-order chi connectivity index (χ0) is 12.6. The first-order chi connectivity index (χ1) is 7.87. The lowest BCUT2D eigenvalue weighted by atomic mass is 9.92. The average molecular weight is 234 g/mol. The first kappa shape index (κ1) is 12.1. The summed E-state index contributed by atoms with van der Waals surface area (Å²) in [6.07, 6.45) is 3.66. The van der Waals surface area contributed by atoms with Gasteiger partial charge in [0.15, 0.2) is 0 Å². The second kappa shape index (κ2) is 4.17. The smallest absolute Gasteiger partial charge is 0.134 e. The molecule has 1 aliphatic rings. The van der Waals surface area contributed by atoms with E-state index in [0.717, 1.165) is 17.2 Å². The summed E-state index contributed by atoms with van der Waals surface area (Å²) in [5.74, 6) is 2.21. The minimum Gasteiger partial charge on any atom is -0.383 e. The molecule has 0 aliphatic heterocycles. The standard InChI is InChI=1S/C13H22N4/c1-8-11(14)15-9(2)16-12(8)17-10-5-6-13(3,4)7-10/h10H,5-7H2,1-4H3,(H3,14,15,16,17). The number of rotatable bonds is 2. The molecule has 1 atom stereocenters. The third-order valence-corrected chi connectivity index (χ3v) is 3.60. The van der Waals surface area contributed by atoms with Crippen LogP contribution in [0.1, 0.15) is 44.5 Å². The van der Waals surface area contributed by atoms with Crippen LogP contribution in [0, 0.1) is 19.3 Å². The van der Waals surface area contributed by atoms with E-state index in [1.165, 1.54) is 19.3 Å². The summed E-state index contributed by atoms with van der Waals surface area (Å²) in [7, 11) is 0. The van der Waals surface area contributed by atoms with E-state index in [1.807, 2.05) is 13.8 Å². The van der Waals surface area contributed by atoms with Crippen LogP contribution in [0.25, 0.3) is 0 Å². The molecular weight excluding hydrogens is 212 g/mol. The molecule has 4 nitrogen and oxygen atoms in total. The Bertz CT molecular complexity index is 426. The second-order valence-corrected chi connectivity index (χ2v) is 5.88. The molecule has 94 valence electrons. The van der Waals surface area contributed by atoms with Gasteiger partial charge in [0.2, 0.25) is 0 Å². The highest BCUT2D eigenvalue weighted by atomic mass is 15.1. The van der Waals surface area contributed by atoms with Crippen molar-refractivity contribution >= 4 is 11.6 Å². The zero-order valence-electron chi connectivity index (χ0n) is 11.2. The van der Waals surface area contributed by atoms with Gasteiger partial charge >= 0.3 is 0 Å². The molecule has 1 aromatic heterocycles. The highest BCUT2D eigenvalue weighted by molar-refractivity contribution is 5.55. The van der Waals surface area contributed by atoms with Crippen LogP contribution in [0.3, 0.4) is 0 Å². The number of nitrogens with zero attached hydrogens (tertiary/aromatic N) is 2. The van der Waals surface area contributed by atoms with E-state index in [-0.39, 0.29) is 0 Å². The molecule has 0 bridgehead atoms. The molecule has 1 saturated carbocycles. The fourth-order valence-electron chi connectivity index (χ4n) is 2.54. The van der Waals surface area contributed by atoms with Crippen LogP contribution in [0.15, 0.2) is 0 Å². The zero-order valence-corrected chi connectivity index (χ0v) is 11.2. The molecule has 4 heteroatoms. The highest BCUT2D eigenvalue weighted by Crippen LogP contribution is 2.38. The number of anilines is 2. The molecule has 1 aliphatic carbocycles. The van der Waals surface area contributed by atoms with Gasteiger partial charge in [0, 0.05) is 11.6 Å². The summed E-state index contributed by atoms with van der Waals surface area (Å²) in [4.78, 5) is 8.61. The number of nitrogens with one attached hydrogen (secondary N) is 1. The predicted molar refractivity (Wildman–Crippen MR) is 71.0 cm³/mol. The number of aromatic nitrogens is 2. The van der Waals surface area contributed by atoms with E-state index in [2.05, 4.69) is 29.1 Å². The molecule has 0 saturated heterocycles. The molecule has 2 rings (SSSR count). The van der Waals surface area contributed by atoms with Gasteiger partial charge in [0.25, 0.3) is 0 Å². The predicted octanol–water partition coefficient (Wildman–Crippen LogP) is 2.67. The Morgan fingerprint density at radius 2 is 2.00 bits per heavy atom. The molecule has 0 spiro atoms. The third-order valence-electron chi connectivity index (χ3n) is 3.60. The van der Waals surface area contributed by atoms with E-state index in [0.29, 0.717) is 17.3 Å². The molecule has 0 amide bonds. The number of aryl methyl sites for hydroxylation is 1. The van der Waals surface area contributed by atoms with Crippen molar-refractivity contribution in [3.63, 3.8) is 0 Å². The van der Waals surface area contributed by atoms with E-state index >= 15 is 0 Å². The Hall–Kier alpha value is -1.32. The number of hydrogen-bond donors (Lipinski definition) is 2. The molecule has 1 aromatic rings. The fourth-order valence-corrected chi connectivity index (χ4v) is 2.54. The van der Waals surface area contributed by atoms with E-state index in [1.54, 1.807) is 0 Å². The Labute approximate surface area is 103 Å². The summed E-state index contributed by atoms with van der Waals surface area (Å²) < 4.78 is 0. The van der Waals surface area contributed by atoms with Crippen molar-refractivity contribution in [1.82, 2.24) is 9.97 Å². The Morgan fingerprint density at radius 3 is 2.59 bits per heavy atom. The quantitative estimate of drug-likeness (QED) is 0.825. The van der Waals surface area contributed by atoms with Crippen LogP contribution in [0.2, 0.25) is 0 Å². The van der Waals surface area contributed by atoms with Crippen molar-refractivity contribution in [2.75, 3.05) is 11.1 Å². The topological polar surface area (TPSA) is 63.8 Å². The Kier molecular flexibility index (Phi) is 2.98. The van der Waals surface area contributed by atoms with Gasteiger partial charge in [-0.15, -0.1) is 0 Å². The van der Waals surface area contributed by atoms with Gasteiger partial charge in [0.1, 0.15) is 17.5 Å². The molecule has 0 radical (unpaired) electrons. The van der Waals surface area contributed by atoms with Crippen LogP contribution < -0.4 is 11.1 Å². The van der Waals surface area contributed by atoms with Crippen LogP contribution in [0.5, 0.6) is 0 Å².